The third kappa shape index (κ3) is 6.67. The standard InChI is InChI=1S/C66H64BN3S/c1-7-9-24-45-32-33-58(50(36-45)47-26-12-11-13-27-47)69-59-42-62-51(49-28-16-19-31-61(49)71-62)41-55(59)67-63-52(39-48(40-60(63)69)68(56-29-17-14-22-43(56)3)57-30-18-15-23-44(57)4)53-37-46(25-10-8-2)38-54-64(53)70(67)66(6)35-21-20-34-65(54,66)5/h11-19,22-23,26-33,36-42H,7-10,20-21,24-25,34-35H2,1-6H3. The summed E-state index contributed by atoms with van der Waals surface area (Å²) in [7, 11) is 0. The van der Waals surface area contributed by atoms with Crippen LogP contribution in [0, 0.1) is 13.8 Å². The van der Waals surface area contributed by atoms with Crippen molar-refractivity contribution in [3.05, 3.63) is 186 Å². The highest BCUT2D eigenvalue weighted by molar-refractivity contribution is 7.26. The lowest BCUT2D eigenvalue weighted by molar-refractivity contribution is 0.199. The van der Waals surface area contributed by atoms with Crippen LogP contribution in [0.3, 0.4) is 0 Å². The minimum atomic E-state index is -0.0837. The van der Waals surface area contributed by atoms with Crippen LogP contribution < -0.4 is 25.5 Å². The van der Waals surface area contributed by atoms with Gasteiger partial charge in [0.2, 0.25) is 0 Å². The zero-order valence-corrected chi connectivity index (χ0v) is 43.2. The summed E-state index contributed by atoms with van der Waals surface area (Å²) in [5, 5.41) is 2.72. The lowest BCUT2D eigenvalue weighted by Gasteiger charge is -2.55. The van der Waals surface area contributed by atoms with Crippen molar-refractivity contribution >= 4 is 89.1 Å². The zero-order valence-electron chi connectivity index (χ0n) is 42.4. The molecule has 0 radical (unpaired) electrons. The summed E-state index contributed by atoms with van der Waals surface area (Å²) in [5.41, 5.74) is 23.9. The van der Waals surface area contributed by atoms with Crippen molar-refractivity contribution < 1.29 is 0 Å². The van der Waals surface area contributed by atoms with Crippen molar-refractivity contribution in [1.82, 2.24) is 0 Å². The van der Waals surface area contributed by atoms with Crippen molar-refractivity contribution in [1.29, 1.82) is 0 Å². The second-order valence-corrected chi connectivity index (χ2v) is 22.8. The first kappa shape index (κ1) is 44.4. The Bertz CT molecular complexity index is 3530. The molecule has 0 saturated heterocycles. The van der Waals surface area contributed by atoms with Gasteiger partial charge in [-0.1, -0.05) is 150 Å². The molecule has 1 saturated carbocycles. The highest BCUT2D eigenvalue weighted by Crippen LogP contribution is 2.64. The van der Waals surface area contributed by atoms with Crippen LogP contribution in [0.15, 0.2) is 158 Å². The van der Waals surface area contributed by atoms with Gasteiger partial charge in [-0.2, -0.15) is 0 Å². The molecule has 8 aromatic carbocycles. The van der Waals surface area contributed by atoms with E-state index in [0.717, 1.165) is 12.8 Å². The number of fused-ring (bicyclic) bond motifs is 10. The van der Waals surface area contributed by atoms with Crippen molar-refractivity contribution in [2.24, 2.45) is 0 Å². The molecular formula is C66H64BN3S. The normalized spacial score (nSPS) is 18.4. The molecule has 9 aromatic rings. The van der Waals surface area contributed by atoms with E-state index >= 15 is 0 Å². The lowest BCUT2D eigenvalue weighted by Crippen LogP contribution is -2.70. The summed E-state index contributed by atoms with van der Waals surface area (Å²) in [6.07, 6.45) is 11.8. The van der Waals surface area contributed by atoms with Gasteiger partial charge >= 0.3 is 6.85 Å². The van der Waals surface area contributed by atoms with E-state index in [1.165, 1.54) is 167 Å². The van der Waals surface area contributed by atoms with E-state index in [4.69, 9.17) is 0 Å². The van der Waals surface area contributed by atoms with Gasteiger partial charge in [-0.25, -0.2) is 0 Å². The molecule has 0 amide bonds. The Hall–Kier alpha value is -6.56. The Morgan fingerprint density at radius 2 is 1.25 bits per heavy atom. The van der Waals surface area contributed by atoms with Gasteiger partial charge in [-0.15, -0.1) is 11.3 Å². The maximum Gasteiger partial charge on any atom is 0.328 e. The Balaban J connectivity index is 1.20. The van der Waals surface area contributed by atoms with Gasteiger partial charge in [0.15, 0.2) is 0 Å². The van der Waals surface area contributed by atoms with Gasteiger partial charge in [0, 0.05) is 76.4 Å². The van der Waals surface area contributed by atoms with Crippen molar-refractivity contribution in [3.63, 3.8) is 0 Å². The molecule has 1 fully saturated rings. The number of hydrogen-bond donors (Lipinski definition) is 0. The number of benzene rings is 8. The summed E-state index contributed by atoms with van der Waals surface area (Å²) in [4.78, 5) is 8.32. The van der Waals surface area contributed by atoms with E-state index in [1.807, 2.05) is 11.3 Å². The summed E-state index contributed by atoms with van der Waals surface area (Å²) in [5.74, 6) is 0. The summed E-state index contributed by atoms with van der Waals surface area (Å²) in [6.45, 7) is 14.5. The van der Waals surface area contributed by atoms with Gasteiger partial charge < -0.3 is 14.6 Å². The maximum absolute atomic E-state index is 3.02. The first-order chi connectivity index (χ1) is 34.7. The zero-order chi connectivity index (χ0) is 48.2. The number of rotatable bonds is 11. The molecule has 5 heteroatoms. The second kappa shape index (κ2) is 17.1. The van der Waals surface area contributed by atoms with Crippen LogP contribution >= 0.6 is 11.3 Å². The first-order valence-electron chi connectivity index (χ1n) is 26.7. The fraction of sp³-hybridized carbons (Fsp3) is 0.273. The van der Waals surface area contributed by atoms with E-state index in [9.17, 15) is 0 Å². The summed E-state index contributed by atoms with van der Waals surface area (Å²) >= 11 is 1.94. The van der Waals surface area contributed by atoms with Crippen molar-refractivity contribution in [2.75, 3.05) is 14.6 Å². The molecule has 1 aliphatic carbocycles. The van der Waals surface area contributed by atoms with E-state index in [2.05, 4.69) is 214 Å². The van der Waals surface area contributed by atoms with Gasteiger partial charge in [-0.3, -0.25) is 0 Å². The topological polar surface area (TPSA) is 9.72 Å². The van der Waals surface area contributed by atoms with Crippen LogP contribution in [0.1, 0.15) is 107 Å². The molecule has 0 bridgehead atoms. The van der Waals surface area contributed by atoms with Crippen LogP contribution in [0.5, 0.6) is 0 Å². The molecule has 13 rings (SSSR count). The third-order valence-electron chi connectivity index (χ3n) is 17.6. The fourth-order valence-electron chi connectivity index (χ4n) is 13.7. The molecule has 3 aliphatic heterocycles. The Labute approximate surface area is 425 Å². The molecule has 0 N–H and O–H groups in total. The van der Waals surface area contributed by atoms with E-state index in [1.54, 1.807) is 5.56 Å². The van der Waals surface area contributed by atoms with Crippen molar-refractivity contribution in [2.45, 2.75) is 117 Å². The maximum atomic E-state index is 3.02. The van der Waals surface area contributed by atoms with Crippen molar-refractivity contribution in [3.8, 4) is 22.3 Å². The third-order valence-corrected chi connectivity index (χ3v) is 18.7. The van der Waals surface area contributed by atoms with E-state index in [0.29, 0.717) is 0 Å². The van der Waals surface area contributed by atoms with Gasteiger partial charge in [0.1, 0.15) is 0 Å². The fourth-order valence-corrected chi connectivity index (χ4v) is 14.8. The average molecular weight is 942 g/mol. The predicted octanol–water partition coefficient (Wildman–Crippen LogP) is 17.5. The highest BCUT2D eigenvalue weighted by Gasteiger charge is 2.63. The molecule has 0 spiro atoms. The van der Waals surface area contributed by atoms with Crippen LogP contribution in [0.2, 0.25) is 0 Å². The number of thiophene rings is 1. The van der Waals surface area contributed by atoms with E-state index in [-0.39, 0.29) is 17.8 Å². The second-order valence-electron chi connectivity index (χ2n) is 21.7. The number of aryl methyl sites for hydroxylation is 4. The van der Waals surface area contributed by atoms with E-state index < -0.39 is 0 Å². The lowest BCUT2D eigenvalue weighted by atomic mass is 9.42. The van der Waals surface area contributed by atoms with Crippen LogP contribution in [0.25, 0.3) is 42.4 Å². The smallest absolute Gasteiger partial charge is 0.328 e. The Morgan fingerprint density at radius 3 is 2.00 bits per heavy atom. The quantitative estimate of drug-likeness (QED) is 0.120. The number of anilines is 7. The SMILES string of the molecule is CCCCc1ccc(N2c3cc4sc5ccccc5c4cc3B3c4c(cc(N(c5ccccc5C)c5ccccc5C)cc42)-c2cc(CCCC)cc4c2N3C2(C)CCCCC42C)c(-c2ccccc2)c1. The molecule has 1 aromatic heterocycles. The Kier molecular flexibility index (Phi) is 10.7. The first-order valence-corrected chi connectivity index (χ1v) is 27.5. The number of nitrogens with zero attached hydrogens (tertiary/aromatic N) is 3. The molecule has 2 atom stereocenters. The number of para-hydroxylation sites is 2. The van der Waals surface area contributed by atoms with Crippen LogP contribution in [-0.4, -0.2) is 12.4 Å². The monoisotopic (exact) mass is 941 g/mol. The molecule has 71 heavy (non-hydrogen) atoms. The van der Waals surface area contributed by atoms with Crippen LogP contribution in [0.4, 0.5) is 39.8 Å². The molecule has 352 valence electrons. The molecular weight excluding hydrogens is 878 g/mol. The minimum Gasteiger partial charge on any atom is -0.400 e. The Morgan fingerprint density at radius 1 is 0.577 bits per heavy atom. The van der Waals surface area contributed by atoms with Crippen LogP contribution in [-0.2, 0) is 18.3 Å². The summed E-state index contributed by atoms with van der Waals surface area (Å²) < 4.78 is 2.68. The number of unbranched alkanes of at least 4 members (excludes halogenated alkanes) is 2. The molecule has 2 unspecified atom stereocenters. The van der Waals surface area contributed by atoms with Gasteiger partial charge in [0.05, 0.1) is 5.69 Å². The molecule has 4 aliphatic rings. The highest BCUT2D eigenvalue weighted by atomic mass is 32.1. The molecule has 4 heterocycles. The minimum absolute atomic E-state index is 0.00219. The molecule has 3 nitrogen and oxygen atoms in total. The largest absolute Gasteiger partial charge is 0.400 e. The van der Waals surface area contributed by atoms with Gasteiger partial charge in [-0.05, 0) is 164 Å². The number of hydrogen-bond acceptors (Lipinski definition) is 4. The predicted molar refractivity (Wildman–Crippen MR) is 308 cm³/mol. The summed E-state index contributed by atoms with van der Waals surface area (Å²) in [6, 6.07) is 61.5. The van der Waals surface area contributed by atoms with Gasteiger partial charge in [0.25, 0.3) is 0 Å². The average Bonchev–Trinajstić information content (AvgIpc) is 3.86.